The predicted octanol–water partition coefficient (Wildman–Crippen LogP) is 3.05. The monoisotopic (exact) mass is 359 g/mol. The van der Waals surface area contributed by atoms with Crippen molar-refractivity contribution in [3.8, 4) is 5.75 Å². The van der Waals surface area contributed by atoms with E-state index in [-0.39, 0.29) is 18.9 Å². The topological polar surface area (TPSA) is 66.8 Å². The number of ether oxygens (including phenoxy) is 1. The lowest BCUT2D eigenvalue weighted by Crippen LogP contribution is -2.47. The fourth-order valence-electron chi connectivity index (χ4n) is 2.99. The summed E-state index contributed by atoms with van der Waals surface area (Å²) in [4.78, 5) is 24.5. The van der Waals surface area contributed by atoms with Gasteiger partial charge in [0, 0.05) is 19.5 Å². The van der Waals surface area contributed by atoms with Crippen LogP contribution in [0.3, 0.4) is 0 Å². The highest BCUT2D eigenvalue weighted by Crippen LogP contribution is 2.46. The number of carbonyl (C=O) groups excluding carboxylic acids is 1. The van der Waals surface area contributed by atoms with Crippen LogP contribution < -0.4 is 4.74 Å². The molecule has 2 unspecified atom stereocenters. The van der Waals surface area contributed by atoms with Crippen LogP contribution in [0.2, 0.25) is 0 Å². The van der Waals surface area contributed by atoms with Crippen molar-refractivity contribution in [1.29, 1.82) is 0 Å². The molecule has 0 saturated carbocycles. The molecular formula is C17H20F3NO4. The van der Waals surface area contributed by atoms with Crippen LogP contribution in [0, 0.1) is 5.41 Å². The molecule has 1 fully saturated rings. The molecule has 1 aromatic carbocycles. The molecule has 138 valence electrons. The van der Waals surface area contributed by atoms with Crippen LogP contribution in [0.25, 0.3) is 0 Å². The summed E-state index contributed by atoms with van der Waals surface area (Å²) in [6, 6.07) is 7.06. The van der Waals surface area contributed by atoms with Gasteiger partial charge in [0.1, 0.15) is 5.75 Å². The van der Waals surface area contributed by atoms with Gasteiger partial charge < -0.3 is 14.7 Å². The van der Waals surface area contributed by atoms with Gasteiger partial charge in [0.25, 0.3) is 0 Å². The molecule has 1 N–H and O–H groups in total. The van der Waals surface area contributed by atoms with Crippen molar-refractivity contribution in [2.75, 3.05) is 20.2 Å². The van der Waals surface area contributed by atoms with Gasteiger partial charge in [-0.1, -0.05) is 19.1 Å². The SMILES string of the molecule is COc1ccc(C(C)CC(=O)N2CCC(C(=O)O)(C(F)(F)F)C2)cc1. The maximum absolute atomic E-state index is 13.2. The number of amides is 1. The van der Waals surface area contributed by atoms with Crippen LogP contribution in [0.4, 0.5) is 13.2 Å². The van der Waals surface area contributed by atoms with Crippen LogP contribution in [0.1, 0.15) is 31.2 Å². The second-order valence-electron chi connectivity index (χ2n) is 6.33. The molecule has 1 aliphatic rings. The van der Waals surface area contributed by atoms with Gasteiger partial charge in [-0.25, -0.2) is 0 Å². The average Bonchev–Trinajstić information content (AvgIpc) is 3.01. The van der Waals surface area contributed by atoms with Crippen molar-refractivity contribution in [2.45, 2.75) is 31.9 Å². The first-order valence-electron chi connectivity index (χ1n) is 7.82. The Kier molecular flexibility index (Phi) is 5.29. The maximum Gasteiger partial charge on any atom is 0.406 e. The molecule has 25 heavy (non-hydrogen) atoms. The summed E-state index contributed by atoms with van der Waals surface area (Å²) in [5.41, 5.74) is -2.01. The second-order valence-corrected chi connectivity index (χ2v) is 6.33. The molecule has 1 heterocycles. The van der Waals surface area contributed by atoms with Crippen molar-refractivity contribution in [2.24, 2.45) is 5.41 Å². The summed E-state index contributed by atoms with van der Waals surface area (Å²) in [5.74, 6) is -1.95. The smallest absolute Gasteiger partial charge is 0.406 e. The average molecular weight is 359 g/mol. The largest absolute Gasteiger partial charge is 0.497 e. The molecule has 1 aliphatic heterocycles. The predicted molar refractivity (Wildman–Crippen MR) is 83.3 cm³/mol. The number of rotatable bonds is 5. The van der Waals surface area contributed by atoms with Crippen LogP contribution >= 0.6 is 0 Å². The lowest BCUT2D eigenvalue weighted by molar-refractivity contribution is -0.227. The number of halogens is 3. The van der Waals surface area contributed by atoms with Crippen molar-refractivity contribution < 1.29 is 32.6 Å². The zero-order valence-corrected chi connectivity index (χ0v) is 14.0. The minimum Gasteiger partial charge on any atom is -0.497 e. The van der Waals surface area contributed by atoms with Gasteiger partial charge in [0.05, 0.1) is 7.11 Å². The summed E-state index contributed by atoms with van der Waals surface area (Å²) < 4.78 is 44.6. The molecule has 1 aromatic rings. The highest BCUT2D eigenvalue weighted by molar-refractivity contribution is 5.81. The summed E-state index contributed by atoms with van der Waals surface area (Å²) in [6.45, 7) is 0.754. The minimum absolute atomic E-state index is 0.0138. The van der Waals surface area contributed by atoms with Crippen LogP contribution in [-0.2, 0) is 9.59 Å². The van der Waals surface area contributed by atoms with E-state index in [0.717, 1.165) is 10.5 Å². The van der Waals surface area contributed by atoms with Gasteiger partial charge in [0.2, 0.25) is 5.91 Å². The Bertz CT molecular complexity index is 644. The van der Waals surface area contributed by atoms with E-state index in [1.54, 1.807) is 31.2 Å². The number of carboxylic acids is 1. The van der Waals surface area contributed by atoms with Crippen LogP contribution in [0.5, 0.6) is 5.75 Å². The molecule has 8 heteroatoms. The number of nitrogens with zero attached hydrogens (tertiary/aromatic N) is 1. The Hall–Kier alpha value is -2.25. The number of aliphatic carboxylic acids is 1. The Morgan fingerprint density at radius 1 is 1.32 bits per heavy atom. The van der Waals surface area contributed by atoms with Crippen LogP contribution in [0.15, 0.2) is 24.3 Å². The third-order valence-electron chi connectivity index (χ3n) is 4.74. The van der Waals surface area contributed by atoms with E-state index in [1.165, 1.54) is 7.11 Å². The normalized spacial score (nSPS) is 21.9. The van der Waals surface area contributed by atoms with E-state index >= 15 is 0 Å². The van der Waals surface area contributed by atoms with E-state index in [1.807, 2.05) is 0 Å². The highest BCUT2D eigenvalue weighted by Gasteiger charge is 2.64. The Morgan fingerprint density at radius 2 is 1.92 bits per heavy atom. The first-order chi connectivity index (χ1) is 11.6. The molecule has 0 aromatic heterocycles. The summed E-state index contributed by atoms with van der Waals surface area (Å²) in [5, 5.41) is 9.04. The summed E-state index contributed by atoms with van der Waals surface area (Å²) in [6.07, 6.45) is -5.50. The molecule has 2 atom stereocenters. The fourth-order valence-corrected chi connectivity index (χ4v) is 2.99. The second kappa shape index (κ2) is 6.93. The van der Waals surface area contributed by atoms with E-state index < -0.39 is 36.4 Å². The van der Waals surface area contributed by atoms with Gasteiger partial charge >= 0.3 is 12.1 Å². The number of likely N-dealkylation sites (tertiary alicyclic amines) is 1. The third-order valence-corrected chi connectivity index (χ3v) is 4.74. The summed E-state index contributed by atoms with van der Waals surface area (Å²) in [7, 11) is 1.53. The molecule has 0 aliphatic carbocycles. The molecule has 5 nitrogen and oxygen atoms in total. The number of hydrogen-bond acceptors (Lipinski definition) is 3. The molecule has 2 rings (SSSR count). The standard InChI is InChI=1S/C17H20F3NO4/c1-11(12-3-5-13(25-2)6-4-12)9-14(22)21-8-7-16(10-21,15(23)24)17(18,19)20/h3-6,11H,7-10H2,1-2H3,(H,23,24). The Morgan fingerprint density at radius 3 is 2.36 bits per heavy atom. The van der Waals surface area contributed by atoms with Gasteiger partial charge in [-0.2, -0.15) is 13.2 Å². The number of hydrogen-bond donors (Lipinski definition) is 1. The zero-order chi connectivity index (χ0) is 18.8. The van der Waals surface area contributed by atoms with Crippen molar-refractivity contribution in [1.82, 2.24) is 4.90 Å². The Labute approximate surface area is 143 Å². The van der Waals surface area contributed by atoms with Gasteiger partial charge in [-0.05, 0) is 30.0 Å². The Balaban J connectivity index is 2.05. The number of carbonyl (C=O) groups is 2. The van der Waals surface area contributed by atoms with Gasteiger partial charge in [-0.3, -0.25) is 9.59 Å². The van der Waals surface area contributed by atoms with Gasteiger partial charge in [0.15, 0.2) is 5.41 Å². The molecular weight excluding hydrogens is 339 g/mol. The third kappa shape index (κ3) is 3.72. The lowest BCUT2D eigenvalue weighted by atomic mass is 9.86. The number of carboxylic acid groups (broad SMARTS) is 1. The highest BCUT2D eigenvalue weighted by atomic mass is 19.4. The number of benzene rings is 1. The van der Waals surface area contributed by atoms with E-state index in [0.29, 0.717) is 5.75 Å². The maximum atomic E-state index is 13.2. The van der Waals surface area contributed by atoms with Gasteiger partial charge in [-0.15, -0.1) is 0 Å². The quantitative estimate of drug-likeness (QED) is 0.878. The number of methoxy groups -OCH3 is 1. The molecule has 0 radical (unpaired) electrons. The van der Waals surface area contributed by atoms with Crippen molar-refractivity contribution in [3.63, 3.8) is 0 Å². The van der Waals surface area contributed by atoms with E-state index in [9.17, 15) is 22.8 Å². The zero-order valence-electron chi connectivity index (χ0n) is 14.0. The summed E-state index contributed by atoms with van der Waals surface area (Å²) >= 11 is 0. The van der Waals surface area contributed by atoms with Crippen LogP contribution in [-0.4, -0.2) is 48.3 Å². The first kappa shape index (κ1) is 19.1. The van der Waals surface area contributed by atoms with E-state index in [2.05, 4.69) is 0 Å². The fraction of sp³-hybridized carbons (Fsp3) is 0.529. The number of alkyl halides is 3. The first-order valence-corrected chi connectivity index (χ1v) is 7.82. The molecule has 1 amide bonds. The minimum atomic E-state index is -4.89. The molecule has 1 saturated heterocycles. The lowest BCUT2D eigenvalue weighted by Gasteiger charge is -2.27. The van der Waals surface area contributed by atoms with Crippen molar-refractivity contribution >= 4 is 11.9 Å². The molecule has 0 spiro atoms. The van der Waals surface area contributed by atoms with E-state index in [4.69, 9.17) is 9.84 Å². The van der Waals surface area contributed by atoms with Crippen molar-refractivity contribution in [3.05, 3.63) is 29.8 Å². The molecule has 0 bridgehead atoms.